The zero-order chi connectivity index (χ0) is 13.4. The maximum absolute atomic E-state index is 6.44. The van der Waals surface area contributed by atoms with Gasteiger partial charge in [0.2, 0.25) is 0 Å². The zero-order valence-electron chi connectivity index (χ0n) is 12.3. The van der Waals surface area contributed by atoms with E-state index in [0.717, 1.165) is 18.7 Å². The lowest BCUT2D eigenvalue weighted by Crippen LogP contribution is -2.44. The molecule has 3 heteroatoms. The second-order valence-electron chi connectivity index (χ2n) is 6.68. The van der Waals surface area contributed by atoms with Crippen LogP contribution in [0.25, 0.3) is 0 Å². The topological polar surface area (TPSA) is 21.3 Å². The van der Waals surface area contributed by atoms with Crippen molar-refractivity contribution in [1.29, 1.82) is 0 Å². The standard InChI is InChI=1S/C15H25NOSi/c1-15(2,3)18(4,5)17-13-10-6-8-12-9-7-11-16-14(12)13/h6,8,10,16H,7,9,11H2,1-5H3. The molecule has 100 valence electrons. The number of rotatable bonds is 2. The molecule has 0 spiro atoms. The fourth-order valence-electron chi connectivity index (χ4n) is 1.99. The number of hydrogen-bond acceptors (Lipinski definition) is 2. The van der Waals surface area contributed by atoms with Crippen LogP contribution in [0, 0.1) is 0 Å². The van der Waals surface area contributed by atoms with Crippen molar-refractivity contribution in [2.24, 2.45) is 0 Å². The Balaban J connectivity index is 2.30. The third kappa shape index (κ3) is 2.56. The van der Waals surface area contributed by atoms with Gasteiger partial charge in [0.15, 0.2) is 0 Å². The van der Waals surface area contributed by atoms with Crippen molar-refractivity contribution in [3.63, 3.8) is 0 Å². The van der Waals surface area contributed by atoms with E-state index in [9.17, 15) is 0 Å². The van der Waals surface area contributed by atoms with E-state index in [-0.39, 0.29) is 5.04 Å². The average molecular weight is 263 g/mol. The van der Waals surface area contributed by atoms with Gasteiger partial charge < -0.3 is 9.74 Å². The lowest BCUT2D eigenvalue weighted by molar-refractivity contribution is 0.492. The van der Waals surface area contributed by atoms with Crippen LogP contribution in [0.5, 0.6) is 5.75 Å². The van der Waals surface area contributed by atoms with Gasteiger partial charge in [-0.15, -0.1) is 0 Å². The van der Waals surface area contributed by atoms with E-state index in [4.69, 9.17) is 4.43 Å². The molecule has 0 unspecified atom stereocenters. The van der Waals surface area contributed by atoms with Crippen molar-refractivity contribution in [1.82, 2.24) is 0 Å². The van der Waals surface area contributed by atoms with Crippen LogP contribution < -0.4 is 9.74 Å². The minimum Gasteiger partial charge on any atom is -0.542 e. The number of nitrogens with one attached hydrogen (secondary N) is 1. The lowest BCUT2D eigenvalue weighted by Gasteiger charge is -2.37. The Morgan fingerprint density at radius 3 is 2.61 bits per heavy atom. The van der Waals surface area contributed by atoms with Crippen LogP contribution in [-0.4, -0.2) is 14.9 Å². The molecule has 0 bridgehead atoms. The van der Waals surface area contributed by atoms with Crippen LogP contribution >= 0.6 is 0 Å². The highest BCUT2D eigenvalue weighted by Crippen LogP contribution is 2.40. The molecule has 1 heterocycles. The highest BCUT2D eigenvalue weighted by atomic mass is 28.4. The molecule has 1 aliphatic heterocycles. The molecule has 2 nitrogen and oxygen atoms in total. The Hall–Kier alpha value is -0.963. The number of para-hydroxylation sites is 1. The molecule has 2 rings (SSSR count). The quantitative estimate of drug-likeness (QED) is 0.797. The van der Waals surface area contributed by atoms with Crippen molar-refractivity contribution < 1.29 is 4.43 Å². The van der Waals surface area contributed by atoms with Crippen LogP contribution in [-0.2, 0) is 6.42 Å². The molecule has 1 aromatic carbocycles. The Morgan fingerprint density at radius 1 is 1.22 bits per heavy atom. The minimum absolute atomic E-state index is 0.240. The van der Waals surface area contributed by atoms with Gasteiger partial charge in [-0.2, -0.15) is 0 Å². The fourth-order valence-corrected chi connectivity index (χ4v) is 3.02. The van der Waals surface area contributed by atoms with E-state index < -0.39 is 8.32 Å². The van der Waals surface area contributed by atoms with Gasteiger partial charge in [-0.05, 0) is 42.6 Å². The van der Waals surface area contributed by atoms with Gasteiger partial charge in [-0.3, -0.25) is 0 Å². The molecule has 1 N–H and O–H groups in total. The summed E-state index contributed by atoms with van der Waals surface area (Å²) in [5.41, 5.74) is 2.63. The summed E-state index contributed by atoms with van der Waals surface area (Å²) >= 11 is 0. The number of benzene rings is 1. The van der Waals surface area contributed by atoms with E-state index in [1.54, 1.807) is 0 Å². The Morgan fingerprint density at radius 2 is 1.94 bits per heavy atom. The first kappa shape index (κ1) is 13.5. The van der Waals surface area contributed by atoms with Crippen LogP contribution in [0.3, 0.4) is 0 Å². The van der Waals surface area contributed by atoms with Crippen molar-refractivity contribution in [2.45, 2.75) is 51.7 Å². The van der Waals surface area contributed by atoms with Gasteiger partial charge in [-0.25, -0.2) is 0 Å². The summed E-state index contributed by atoms with van der Waals surface area (Å²) < 4.78 is 6.44. The Bertz CT molecular complexity index is 435. The molecule has 1 aliphatic rings. The Kier molecular flexibility index (Phi) is 3.45. The van der Waals surface area contributed by atoms with Crippen LogP contribution in [0.15, 0.2) is 18.2 Å². The molecule has 1 aromatic rings. The van der Waals surface area contributed by atoms with E-state index in [1.807, 2.05) is 0 Å². The van der Waals surface area contributed by atoms with Gasteiger partial charge in [0.25, 0.3) is 8.32 Å². The third-order valence-electron chi connectivity index (χ3n) is 4.21. The molecule has 0 aromatic heterocycles. The van der Waals surface area contributed by atoms with Crippen LogP contribution in [0.2, 0.25) is 18.1 Å². The highest BCUT2D eigenvalue weighted by molar-refractivity contribution is 6.74. The summed E-state index contributed by atoms with van der Waals surface area (Å²) in [5.74, 6) is 1.05. The van der Waals surface area contributed by atoms with Gasteiger partial charge in [-0.1, -0.05) is 32.9 Å². The number of fused-ring (bicyclic) bond motifs is 1. The van der Waals surface area contributed by atoms with Gasteiger partial charge >= 0.3 is 0 Å². The molecule has 0 amide bonds. The predicted molar refractivity (Wildman–Crippen MR) is 81.1 cm³/mol. The zero-order valence-corrected chi connectivity index (χ0v) is 13.3. The second-order valence-corrected chi connectivity index (χ2v) is 11.4. The summed E-state index contributed by atoms with van der Waals surface area (Å²) in [6.45, 7) is 12.5. The van der Waals surface area contributed by atoms with Gasteiger partial charge in [0, 0.05) is 6.54 Å². The molecule has 0 radical (unpaired) electrons. The van der Waals surface area contributed by atoms with Gasteiger partial charge in [0.05, 0.1) is 5.69 Å². The maximum Gasteiger partial charge on any atom is 0.250 e. The summed E-state index contributed by atoms with van der Waals surface area (Å²) in [5, 5.41) is 3.74. The molecule has 0 atom stereocenters. The molecule has 0 aliphatic carbocycles. The molecule has 18 heavy (non-hydrogen) atoms. The molecule has 0 fully saturated rings. The number of aryl methyl sites for hydroxylation is 1. The molecule has 0 saturated heterocycles. The van der Waals surface area contributed by atoms with Crippen molar-refractivity contribution in [3.05, 3.63) is 23.8 Å². The fraction of sp³-hybridized carbons (Fsp3) is 0.600. The number of hydrogen-bond donors (Lipinski definition) is 1. The van der Waals surface area contributed by atoms with Crippen molar-refractivity contribution in [3.8, 4) is 5.75 Å². The van der Waals surface area contributed by atoms with E-state index in [2.05, 4.69) is 57.4 Å². The van der Waals surface area contributed by atoms with E-state index in [0.29, 0.717) is 0 Å². The number of anilines is 1. The molecular weight excluding hydrogens is 238 g/mol. The summed E-state index contributed by atoms with van der Waals surface area (Å²) in [7, 11) is -1.74. The van der Waals surface area contributed by atoms with E-state index in [1.165, 1.54) is 17.7 Å². The van der Waals surface area contributed by atoms with Gasteiger partial charge in [0.1, 0.15) is 5.75 Å². The molecule has 0 saturated carbocycles. The Labute approximate surface area is 112 Å². The smallest absolute Gasteiger partial charge is 0.250 e. The first-order valence-corrected chi connectivity index (χ1v) is 9.77. The lowest BCUT2D eigenvalue weighted by atomic mass is 10.0. The largest absolute Gasteiger partial charge is 0.542 e. The highest BCUT2D eigenvalue weighted by Gasteiger charge is 2.39. The average Bonchev–Trinajstić information content (AvgIpc) is 2.27. The SMILES string of the molecule is CC(C)(C)[Si](C)(C)Oc1cccc2c1NCCC2. The monoisotopic (exact) mass is 263 g/mol. The molecular formula is C15H25NOSi. The third-order valence-corrected chi connectivity index (χ3v) is 8.55. The van der Waals surface area contributed by atoms with Crippen molar-refractivity contribution in [2.75, 3.05) is 11.9 Å². The first-order chi connectivity index (χ1) is 8.31. The van der Waals surface area contributed by atoms with E-state index >= 15 is 0 Å². The maximum atomic E-state index is 6.44. The van der Waals surface area contributed by atoms with Crippen molar-refractivity contribution >= 4 is 14.0 Å². The predicted octanol–water partition coefficient (Wildman–Crippen LogP) is 4.43. The first-order valence-electron chi connectivity index (χ1n) is 6.86. The summed E-state index contributed by atoms with van der Waals surface area (Å²) in [4.78, 5) is 0. The second kappa shape index (κ2) is 4.61. The minimum atomic E-state index is -1.74. The summed E-state index contributed by atoms with van der Waals surface area (Å²) in [6.07, 6.45) is 2.38. The van der Waals surface area contributed by atoms with Crippen LogP contribution in [0.4, 0.5) is 5.69 Å². The summed E-state index contributed by atoms with van der Waals surface area (Å²) in [6, 6.07) is 6.44. The van der Waals surface area contributed by atoms with Crippen LogP contribution in [0.1, 0.15) is 32.8 Å². The normalized spacial score (nSPS) is 15.8.